The first-order valence-corrected chi connectivity index (χ1v) is 6.09. The van der Waals surface area contributed by atoms with E-state index in [1.54, 1.807) is 6.07 Å². The average molecular weight is 237 g/mol. The molecule has 3 rings (SSSR count). The molecule has 0 amide bonds. The molecular weight excluding hydrogens is 221 g/mol. The van der Waals surface area contributed by atoms with E-state index in [4.69, 9.17) is 9.47 Å². The molecule has 92 valence electrons. The van der Waals surface area contributed by atoms with Gasteiger partial charge in [0.2, 0.25) is 0 Å². The van der Waals surface area contributed by atoms with Gasteiger partial charge in [-0.1, -0.05) is 0 Å². The Kier molecular flexibility index (Phi) is 2.99. The fraction of sp³-hybridized carbons (Fsp3) is 0.538. The molecule has 1 aromatic carbocycles. The van der Waals surface area contributed by atoms with E-state index in [2.05, 4.69) is 5.32 Å². The molecule has 17 heavy (non-hydrogen) atoms. The Bertz CT molecular complexity index is 416. The van der Waals surface area contributed by atoms with Gasteiger partial charge in [-0.15, -0.1) is 0 Å². The van der Waals surface area contributed by atoms with E-state index >= 15 is 0 Å². The first kappa shape index (κ1) is 11.0. The monoisotopic (exact) mass is 237 g/mol. The molecule has 3 nitrogen and oxygen atoms in total. The third-order valence-corrected chi connectivity index (χ3v) is 3.55. The van der Waals surface area contributed by atoms with Crippen LogP contribution in [0.25, 0.3) is 0 Å². The van der Waals surface area contributed by atoms with Gasteiger partial charge in [-0.3, -0.25) is 0 Å². The predicted molar refractivity (Wildman–Crippen MR) is 61.5 cm³/mol. The number of hydrogen-bond acceptors (Lipinski definition) is 3. The Labute approximate surface area is 99.9 Å². The first-order chi connectivity index (χ1) is 8.36. The molecule has 0 spiro atoms. The molecule has 2 heterocycles. The number of piperidine rings is 1. The summed E-state index contributed by atoms with van der Waals surface area (Å²) >= 11 is 0. The highest BCUT2D eigenvalue weighted by Gasteiger charge is 2.25. The standard InChI is InChI=1S/C13H16FNO2/c14-11-1-2-12-10(7-16-8-17-12)13(11)9-3-5-15-6-4-9/h1-2,9,15H,3-8H2. The molecule has 2 aliphatic heterocycles. The third-order valence-electron chi connectivity index (χ3n) is 3.55. The lowest BCUT2D eigenvalue weighted by atomic mass is 9.86. The summed E-state index contributed by atoms with van der Waals surface area (Å²) in [6.07, 6.45) is 1.96. The molecule has 1 aromatic rings. The van der Waals surface area contributed by atoms with Crippen molar-refractivity contribution in [2.45, 2.75) is 25.4 Å². The number of ether oxygens (including phenoxy) is 2. The van der Waals surface area contributed by atoms with Gasteiger partial charge >= 0.3 is 0 Å². The second-order valence-corrected chi connectivity index (χ2v) is 4.57. The molecule has 1 fully saturated rings. The molecule has 4 heteroatoms. The van der Waals surface area contributed by atoms with Crippen LogP contribution in [0.3, 0.4) is 0 Å². The van der Waals surface area contributed by atoms with Gasteiger partial charge in [-0.25, -0.2) is 4.39 Å². The smallest absolute Gasteiger partial charge is 0.189 e. The van der Waals surface area contributed by atoms with Crippen LogP contribution in [0.1, 0.15) is 29.9 Å². The molecule has 0 bridgehead atoms. The van der Waals surface area contributed by atoms with Crippen LogP contribution in [-0.4, -0.2) is 19.9 Å². The number of halogens is 1. The van der Waals surface area contributed by atoms with Crippen LogP contribution in [-0.2, 0) is 11.3 Å². The fourth-order valence-corrected chi connectivity index (χ4v) is 2.70. The highest BCUT2D eigenvalue weighted by atomic mass is 19.1. The van der Waals surface area contributed by atoms with Crippen molar-refractivity contribution in [2.75, 3.05) is 19.9 Å². The van der Waals surface area contributed by atoms with Gasteiger partial charge in [0, 0.05) is 11.1 Å². The van der Waals surface area contributed by atoms with Crippen molar-refractivity contribution in [1.82, 2.24) is 5.32 Å². The summed E-state index contributed by atoms with van der Waals surface area (Å²) < 4.78 is 24.7. The topological polar surface area (TPSA) is 30.5 Å². The Morgan fingerprint density at radius 2 is 2.06 bits per heavy atom. The molecule has 0 unspecified atom stereocenters. The van der Waals surface area contributed by atoms with Gasteiger partial charge in [-0.05, 0) is 44.0 Å². The molecule has 2 aliphatic rings. The van der Waals surface area contributed by atoms with E-state index in [0.717, 1.165) is 42.8 Å². The van der Waals surface area contributed by atoms with Gasteiger partial charge < -0.3 is 14.8 Å². The zero-order valence-electron chi connectivity index (χ0n) is 9.67. The molecule has 1 N–H and O–H groups in total. The lowest BCUT2D eigenvalue weighted by Gasteiger charge is -2.28. The van der Waals surface area contributed by atoms with E-state index in [-0.39, 0.29) is 18.5 Å². The van der Waals surface area contributed by atoms with Gasteiger partial charge in [0.15, 0.2) is 6.79 Å². The Morgan fingerprint density at radius 1 is 1.24 bits per heavy atom. The van der Waals surface area contributed by atoms with E-state index in [0.29, 0.717) is 6.61 Å². The summed E-state index contributed by atoms with van der Waals surface area (Å²) in [6.45, 7) is 2.64. The summed E-state index contributed by atoms with van der Waals surface area (Å²) in [4.78, 5) is 0. The summed E-state index contributed by atoms with van der Waals surface area (Å²) in [5.74, 6) is 0.951. The quantitative estimate of drug-likeness (QED) is 0.812. The van der Waals surface area contributed by atoms with E-state index in [1.807, 2.05) is 0 Å². The van der Waals surface area contributed by atoms with Crippen LogP contribution in [0.4, 0.5) is 4.39 Å². The van der Waals surface area contributed by atoms with Crippen LogP contribution >= 0.6 is 0 Å². The van der Waals surface area contributed by atoms with Crippen molar-refractivity contribution in [1.29, 1.82) is 0 Å². The summed E-state index contributed by atoms with van der Waals surface area (Å²) in [6, 6.07) is 3.22. The molecular formula is C13H16FNO2. The first-order valence-electron chi connectivity index (χ1n) is 6.09. The van der Waals surface area contributed by atoms with E-state index < -0.39 is 0 Å². The summed E-state index contributed by atoms with van der Waals surface area (Å²) in [5.41, 5.74) is 1.71. The lowest BCUT2D eigenvalue weighted by Crippen LogP contribution is -2.28. The van der Waals surface area contributed by atoms with Gasteiger partial charge in [0.1, 0.15) is 11.6 Å². The second-order valence-electron chi connectivity index (χ2n) is 4.57. The average Bonchev–Trinajstić information content (AvgIpc) is 2.39. The third kappa shape index (κ3) is 2.03. The van der Waals surface area contributed by atoms with Crippen molar-refractivity contribution in [2.24, 2.45) is 0 Å². The van der Waals surface area contributed by atoms with Crippen LogP contribution in [0.2, 0.25) is 0 Å². The minimum absolute atomic E-state index is 0.121. The predicted octanol–water partition coefficient (Wildman–Crippen LogP) is 2.16. The Hall–Kier alpha value is -1.13. The van der Waals surface area contributed by atoms with Crippen molar-refractivity contribution in [3.8, 4) is 5.75 Å². The maximum atomic E-state index is 14.0. The van der Waals surface area contributed by atoms with Crippen LogP contribution in [0, 0.1) is 5.82 Å². The van der Waals surface area contributed by atoms with E-state index in [1.165, 1.54) is 6.07 Å². The zero-order chi connectivity index (χ0) is 11.7. The number of hydrogen-bond donors (Lipinski definition) is 1. The number of fused-ring (bicyclic) bond motifs is 1. The Morgan fingerprint density at radius 3 is 2.88 bits per heavy atom. The SMILES string of the molecule is Fc1ccc2c(c1C1CCNCC1)COCO2. The maximum absolute atomic E-state index is 14.0. The lowest BCUT2D eigenvalue weighted by molar-refractivity contribution is -0.0173. The number of rotatable bonds is 1. The normalized spacial score (nSPS) is 20.8. The molecule has 1 saturated heterocycles. The van der Waals surface area contributed by atoms with Crippen molar-refractivity contribution < 1.29 is 13.9 Å². The highest BCUT2D eigenvalue weighted by molar-refractivity contribution is 5.43. The molecule has 0 atom stereocenters. The second kappa shape index (κ2) is 4.63. The zero-order valence-corrected chi connectivity index (χ0v) is 9.67. The fourth-order valence-electron chi connectivity index (χ4n) is 2.70. The molecule has 0 radical (unpaired) electrons. The summed E-state index contributed by atoms with van der Waals surface area (Å²) in [7, 11) is 0. The number of benzene rings is 1. The number of nitrogens with one attached hydrogen (secondary N) is 1. The van der Waals surface area contributed by atoms with Crippen molar-refractivity contribution in [3.63, 3.8) is 0 Å². The van der Waals surface area contributed by atoms with Crippen molar-refractivity contribution in [3.05, 3.63) is 29.1 Å². The summed E-state index contributed by atoms with van der Waals surface area (Å²) in [5, 5.41) is 3.30. The molecule has 0 aromatic heterocycles. The van der Waals surface area contributed by atoms with Crippen LogP contribution in [0.5, 0.6) is 5.75 Å². The maximum Gasteiger partial charge on any atom is 0.189 e. The van der Waals surface area contributed by atoms with E-state index in [9.17, 15) is 4.39 Å². The van der Waals surface area contributed by atoms with Gasteiger partial charge in [-0.2, -0.15) is 0 Å². The van der Waals surface area contributed by atoms with Crippen LogP contribution in [0.15, 0.2) is 12.1 Å². The highest BCUT2D eigenvalue weighted by Crippen LogP contribution is 2.36. The molecule has 0 saturated carbocycles. The van der Waals surface area contributed by atoms with Crippen molar-refractivity contribution >= 4 is 0 Å². The molecule has 0 aliphatic carbocycles. The minimum Gasteiger partial charge on any atom is -0.467 e. The van der Waals surface area contributed by atoms with Gasteiger partial charge in [0.25, 0.3) is 0 Å². The van der Waals surface area contributed by atoms with Crippen LogP contribution < -0.4 is 10.1 Å². The van der Waals surface area contributed by atoms with Gasteiger partial charge in [0.05, 0.1) is 6.61 Å². The minimum atomic E-state index is -0.121. The Balaban J connectivity index is 2.01. The largest absolute Gasteiger partial charge is 0.467 e.